The molecule has 1 fully saturated rings. The number of imide groups is 1. The third-order valence-corrected chi connectivity index (χ3v) is 4.01. The van der Waals surface area contributed by atoms with Gasteiger partial charge in [0.1, 0.15) is 0 Å². The number of esters is 1. The lowest BCUT2D eigenvalue weighted by atomic mass is 10.2. The van der Waals surface area contributed by atoms with Gasteiger partial charge in [-0.25, -0.2) is 9.69 Å². The SMILES string of the molecule is CCOC(=O)c1ccc(N2C(=O)C[C@H](N(CC)CC)C2=O)cc1. The lowest BCUT2D eigenvalue weighted by molar-refractivity contribution is -0.122. The first kappa shape index (κ1) is 17.1. The Balaban J connectivity index is 2.20. The van der Waals surface area contributed by atoms with Gasteiger partial charge in [0.25, 0.3) is 5.91 Å². The molecule has 2 rings (SSSR count). The van der Waals surface area contributed by atoms with E-state index in [0.717, 1.165) is 13.1 Å². The first-order valence-corrected chi connectivity index (χ1v) is 7.91. The Kier molecular flexibility index (Phi) is 5.50. The maximum Gasteiger partial charge on any atom is 0.338 e. The molecule has 0 unspecified atom stereocenters. The van der Waals surface area contributed by atoms with Gasteiger partial charge in [-0.05, 0) is 44.3 Å². The van der Waals surface area contributed by atoms with E-state index in [9.17, 15) is 14.4 Å². The number of likely N-dealkylation sites (N-methyl/N-ethyl adjacent to an activating group) is 1. The van der Waals surface area contributed by atoms with Crippen LogP contribution in [0.1, 0.15) is 37.6 Å². The van der Waals surface area contributed by atoms with Crippen LogP contribution in [0.5, 0.6) is 0 Å². The minimum Gasteiger partial charge on any atom is -0.462 e. The van der Waals surface area contributed by atoms with Crippen LogP contribution in [0.25, 0.3) is 0 Å². The number of nitrogens with zero attached hydrogens (tertiary/aromatic N) is 2. The second-order valence-electron chi connectivity index (χ2n) is 5.28. The average Bonchev–Trinajstić information content (AvgIpc) is 2.84. The van der Waals surface area contributed by atoms with Gasteiger partial charge < -0.3 is 4.74 Å². The quantitative estimate of drug-likeness (QED) is 0.591. The molecule has 1 atom stereocenters. The first-order valence-electron chi connectivity index (χ1n) is 7.91. The second kappa shape index (κ2) is 7.37. The Morgan fingerprint density at radius 2 is 1.78 bits per heavy atom. The Morgan fingerprint density at radius 1 is 1.17 bits per heavy atom. The molecule has 0 radical (unpaired) electrons. The third-order valence-electron chi connectivity index (χ3n) is 4.01. The van der Waals surface area contributed by atoms with Gasteiger partial charge in [0.05, 0.1) is 30.3 Å². The predicted molar refractivity (Wildman–Crippen MR) is 86.2 cm³/mol. The van der Waals surface area contributed by atoms with Crippen molar-refractivity contribution in [2.24, 2.45) is 0 Å². The van der Waals surface area contributed by atoms with Crippen LogP contribution >= 0.6 is 0 Å². The van der Waals surface area contributed by atoms with Gasteiger partial charge in [0, 0.05) is 0 Å². The van der Waals surface area contributed by atoms with Crippen LogP contribution in [0.2, 0.25) is 0 Å². The Labute approximate surface area is 136 Å². The van der Waals surface area contributed by atoms with Gasteiger partial charge in [0.15, 0.2) is 0 Å². The van der Waals surface area contributed by atoms with E-state index in [1.165, 1.54) is 4.90 Å². The number of hydrogen-bond acceptors (Lipinski definition) is 5. The van der Waals surface area contributed by atoms with Crippen molar-refractivity contribution < 1.29 is 19.1 Å². The van der Waals surface area contributed by atoms with E-state index in [4.69, 9.17) is 4.74 Å². The van der Waals surface area contributed by atoms with Gasteiger partial charge in [-0.3, -0.25) is 14.5 Å². The Bertz CT molecular complexity index is 593. The summed E-state index contributed by atoms with van der Waals surface area (Å²) >= 11 is 0. The van der Waals surface area contributed by atoms with Crippen LogP contribution in [0, 0.1) is 0 Å². The largest absolute Gasteiger partial charge is 0.462 e. The topological polar surface area (TPSA) is 66.9 Å². The predicted octanol–water partition coefficient (Wildman–Crippen LogP) is 1.84. The fourth-order valence-corrected chi connectivity index (χ4v) is 2.80. The second-order valence-corrected chi connectivity index (χ2v) is 5.28. The zero-order valence-corrected chi connectivity index (χ0v) is 13.7. The summed E-state index contributed by atoms with van der Waals surface area (Å²) in [6, 6.07) is 5.94. The van der Waals surface area contributed by atoms with E-state index in [-0.39, 0.29) is 18.2 Å². The first-order chi connectivity index (χ1) is 11.0. The van der Waals surface area contributed by atoms with Crippen molar-refractivity contribution in [1.82, 2.24) is 4.90 Å². The molecule has 0 aliphatic carbocycles. The van der Waals surface area contributed by atoms with Crippen molar-refractivity contribution in [1.29, 1.82) is 0 Å². The minimum atomic E-state index is -0.417. The highest BCUT2D eigenvalue weighted by atomic mass is 16.5. The number of anilines is 1. The molecule has 1 aliphatic rings. The fourth-order valence-electron chi connectivity index (χ4n) is 2.80. The fraction of sp³-hybridized carbons (Fsp3) is 0.471. The number of hydrogen-bond donors (Lipinski definition) is 0. The van der Waals surface area contributed by atoms with Gasteiger partial charge in [0.2, 0.25) is 5.91 Å². The highest BCUT2D eigenvalue weighted by molar-refractivity contribution is 6.22. The maximum absolute atomic E-state index is 12.6. The lowest BCUT2D eigenvalue weighted by Gasteiger charge is -2.24. The number of carbonyl (C=O) groups excluding carboxylic acids is 3. The van der Waals surface area contributed by atoms with Gasteiger partial charge in [-0.15, -0.1) is 0 Å². The summed E-state index contributed by atoms with van der Waals surface area (Å²) in [7, 11) is 0. The third kappa shape index (κ3) is 3.42. The molecule has 0 aromatic heterocycles. The molecule has 124 valence electrons. The number of benzene rings is 1. The molecule has 1 aromatic rings. The molecule has 6 heteroatoms. The van der Waals surface area contributed by atoms with Crippen molar-refractivity contribution in [3.63, 3.8) is 0 Å². The monoisotopic (exact) mass is 318 g/mol. The van der Waals surface area contributed by atoms with Crippen molar-refractivity contribution >= 4 is 23.5 Å². The van der Waals surface area contributed by atoms with Crippen LogP contribution < -0.4 is 4.90 Å². The zero-order chi connectivity index (χ0) is 17.0. The highest BCUT2D eigenvalue weighted by Crippen LogP contribution is 2.26. The number of ether oxygens (including phenoxy) is 1. The van der Waals surface area contributed by atoms with Crippen molar-refractivity contribution in [2.45, 2.75) is 33.2 Å². The molecule has 0 bridgehead atoms. The molecule has 23 heavy (non-hydrogen) atoms. The van der Waals surface area contributed by atoms with E-state index >= 15 is 0 Å². The van der Waals surface area contributed by atoms with E-state index in [0.29, 0.717) is 17.9 Å². The summed E-state index contributed by atoms with van der Waals surface area (Å²) in [5.74, 6) is -0.836. The van der Waals surface area contributed by atoms with Crippen LogP contribution in [-0.2, 0) is 14.3 Å². The molecule has 0 saturated carbocycles. The van der Waals surface area contributed by atoms with Crippen molar-refractivity contribution in [3.05, 3.63) is 29.8 Å². The Hall–Kier alpha value is -2.21. The lowest BCUT2D eigenvalue weighted by Crippen LogP contribution is -2.42. The molecule has 2 amide bonds. The van der Waals surface area contributed by atoms with Crippen LogP contribution in [0.15, 0.2) is 24.3 Å². The molecular weight excluding hydrogens is 296 g/mol. The molecule has 0 N–H and O–H groups in total. The van der Waals surface area contributed by atoms with E-state index < -0.39 is 12.0 Å². The van der Waals surface area contributed by atoms with Gasteiger partial charge in [-0.1, -0.05) is 13.8 Å². The van der Waals surface area contributed by atoms with Gasteiger partial charge >= 0.3 is 5.97 Å². The Morgan fingerprint density at radius 3 is 2.30 bits per heavy atom. The van der Waals surface area contributed by atoms with Crippen LogP contribution in [0.3, 0.4) is 0 Å². The van der Waals surface area contributed by atoms with E-state index in [1.807, 2.05) is 18.7 Å². The van der Waals surface area contributed by atoms with Gasteiger partial charge in [-0.2, -0.15) is 0 Å². The number of amides is 2. The maximum atomic E-state index is 12.6. The smallest absolute Gasteiger partial charge is 0.338 e. The summed E-state index contributed by atoms with van der Waals surface area (Å²) in [5, 5.41) is 0. The molecule has 1 saturated heterocycles. The summed E-state index contributed by atoms with van der Waals surface area (Å²) < 4.78 is 4.92. The molecule has 1 heterocycles. The summed E-state index contributed by atoms with van der Waals surface area (Å²) in [4.78, 5) is 39.6. The van der Waals surface area contributed by atoms with E-state index in [2.05, 4.69) is 0 Å². The normalized spacial score (nSPS) is 17.9. The van der Waals surface area contributed by atoms with Crippen LogP contribution in [-0.4, -0.2) is 48.4 Å². The van der Waals surface area contributed by atoms with E-state index in [1.54, 1.807) is 31.2 Å². The molecule has 0 spiro atoms. The minimum absolute atomic E-state index is 0.195. The highest BCUT2D eigenvalue weighted by Gasteiger charge is 2.41. The summed E-state index contributed by atoms with van der Waals surface area (Å²) in [6.45, 7) is 7.41. The van der Waals surface area contributed by atoms with Crippen molar-refractivity contribution in [2.75, 3.05) is 24.6 Å². The summed E-state index contributed by atoms with van der Waals surface area (Å²) in [5.41, 5.74) is 0.887. The molecular formula is C17H22N2O4. The zero-order valence-electron chi connectivity index (χ0n) is 13.7. The standard InChI is InChI=1S/C17H22N2O4/c1-4-18(5-2)14-11-15(20)19(16(14)21)13-9-7-12(8-10-13)17(22)23-6-3/h7-10,14H,4-6,11H2,1-3H3/t14-/m0/s1. The number of carbonyl (C=O) groups is 3. The molecule has 1 aliphatic heterocycles. The number of rotatable bonds is 6. The summed E-state index contributed by atoms with van der Waals surface area (Å²) in [6.07, 6.45) is 0.195. The van der Waals surface area contributed by atoms with Crippen LogP contribution in [0.4, 0.5) is 5.69 Å². The molecule has 6 nitrogen and oxygen atoms in total. The molecule has 1 aromatic carbocycles. The van der Waals surface area contributed by atoms with Crippen molar-refractivity contribution in [3.8, 4) is 0 Å². The average molecular weight is 318 g/mol.